The van der Waals surface area contributed by atoms with Crippen molar-refractivity contribution >= 4 is 81.3 Å². The lowest BCUT2D eigenvalue weighted by Crippen LogP contribution is -2.10. The Balaban J connectivity index is 1.15. The maximum absolute atomic E-state index is 6.30. The predicted octanol–water partition coefficient (Wildman–Crippen LogP) is 13.9. The topological polar surface area (TPSA) is 16.4 Å². The summed E-state index contributed by atoms with van der Waals surface area (Å²) in [7, 11) is 0. The van der Waals surface area contributed by atoms with Crippen LogP contribution in [0.15, 0.2) is 180 Å². The van der Waals surface area contributed by atoms with Crippen molar-refractivity contribution in [2.75, 3.05) is 4.90 Å². The van der Waals surface area contributed by atoms with E-state index < -0.39 is 0 Å². The van der Waals surface area contributed by atoms with Crippen LogP contribution in [0.3, 0.4) is 0 Å². The third-order valence-electron chi connectivity index (χ3n) is 9.63. The molecule has 10 rings (SSSR count). The van der Waals surface area contributed by atoms with Crippen molar-refractivity contribution in [1.82, 2.24) is 0 Å². The van der Waals surface area contributed by atoms with E-state index in [-0.39, 0.29) is 0 Å². The van der Waals surface area contributed by atoms with Crippen LogP contribution in [0.25, 0.3) is 75.1 Å². The Hall–Kier alpha value is -6.16. The number of rotatable bonds is 5. The number of anilines is 3. The lowest BCUT2D eigenvalue weighted by atomic mass is 9.98. The second-order valence-corrected chi connectivity index (χ2v) is 13.6. The van der Waals surface area contributed by atoms with E-state index in [9.17, 15) is 0 Å². The van der Waals surface area contributed by atoms with Gasteiger partial charge >= 0.3 is 0 Å². The number of fused-ring (bicyclic) bond motifs is 7. The van der Waals surface area contributed by atoms with Crippen LogP contribution >= 0.6 is 11.3 Å². The average molecular weight is 644 g/mol. The molecule has 0 atom stereocenters. The number of para-hydroxylation sites is 1. The Morgan fingerprint density at radius 2 is 1.08 bits per heavy atom. The minimum Gasteiger partial charge on any atom is -0.456 e. The van der Waals surface area contributed by atoms with Gasteiger partial charge in [-0.15, -0.1) is 11.3 Å². The molecule has 230 valence electrons. The zero-order chi connectivity index (χ0) is 32.3. The zero-order valence-corrected chi connectivity index (χ0v) is 27.3. The molecular weight excluding hydrogens is 615 g/mol. The van der Waals surface area contributed by atoms with E-state index in [0.29, 0.717) is 0 Å². The third-order valence-corrected chi connectivity index (χ3v) is 10.8. The normalized spacial score (nSPS) is 11.7. The van der Waals surface area contributed by atoms with E-state index in [1.54, 1.807) is 0 Å². The molecule has 0 bridgehead atoms. The molecule has 3 heteroatoms. The fourth-order valence-corrected chi connectivity index (χ4v) is 8.44. The predicted molar refractivity (Wildman–Crippen MR) is 210 cm³/mol. The summed E-state index contributed by atoms with van der Waals surface area (Å²) in [4.78, 5) is 2.37. The van der Waals surface area contributed by atoms with Crippen LogP contribution in [0, 0.1) is 0 Å². The summed E-state index contributed by atoms with van der Waals surface area (Å²) in [5, 5.41) is 7.25. The Kier molecular flexibility index (Phi) is 6.39. The largest absolute Gasteiger partial charge is 0.456 e. The Morgan fingerprint density at radius 1 is 0.388 bits per heavy atom. The van der Waals surface area contributed by atoms with Crippen LogP contribution in [0.2, 0.25) is 0 Å². The van der Waals surface area contributed by atoms with E-state index in [2.05, 4.69) is 169 Å². The van der Waals surface area contributed by atoms with E-state index in [0.717, 1.165) is 44.4 Å². The van der Waals surface area contributed by atoms with Gasteiger partial charge in [-0.3, -0.25) is 0 Å². The lowest BCUT2D eigenvalue weighted by molar-refractivity contribution is 0.669. The molecular formula is C46H29NOS. The van der Waals surface area contributed by atoms with Crippen LogP contribution in [0.4, 0.5) is 17.1 Å². The summed E-state index contributed by atoms with van der Waals surface area (Å²) in [5.74, 6) is 0. The number of hydrogen-bond donors (Lipinski definition) is 0. The molecule has 0 aliphatic rings. The second kappa shape index (κ2) is 11.2. The number of thiophene rings is 1. The monoisotopic (exact) mass is 643 g/mol. The quantitative estimate of drug-likeness (QED) is 0.186. The second-order valence-electron chi connectivity index (χ2n) is 12.6. The highest BCUT2D eigenvalue weighted by molar-refractivity contribution is 7.25. The van der Waals surface area contributed by atoms with Gasteiger partial charge < -0.3 is 9.32 Å². The van der Waals surface area contributed by atoms with Gasteiger partial charge in [0.05, 0.1) is 0 Å². The Morgan fingerprint density at radius 3 is 1.98 bits per heavy atom. The van der Waals surface area contributed by atoms with Gasteiger partial charge in [0.1, 0.15) is 11.2 Å². The Bertz CT molecular complexity index is 2830. The summed E-state index contributed by atoms with van der Waals surface area (Å²) in [6.07, 6.45) is 0. The summed E-state index contributed by atoms with van der Waals surface area (Å²) in [6.45, 7) is 0. The number of benzene rings is 8. The molecule has 8 aromatic carbocycles. The maximum Gasteiger partial charge on any atom is 0.136 e. The molecule has 0 aliphatic heterocycles. The standard InChI is InChI=1S/C46H29NOS/c1-2-10-30(11-3-1)31-20-23-35(24-21-31)47(37-25-22-32-28-41-39-14-4-6-17-42(39)48-43(41)29-34(32)27-37)36-13-8-12-33(26-36)38-16-9-19-45-46(38)40-15-5-7-18-44(40)49-45/h1-29H. The van der Waals surface area contributed by atoms with Crippen molar-refractivity contribution < 1.29 is 4.42 Å². The van der Waals surface area contributed by atoms with Gasteiger partial charge in [-0.2, -0.15) is 0 Å². The molecule has 0 radical (unpaired) electrons. The molecule has 10 aromatic rings. The number of hydrogen-bond acceptors (Lipinski definition) is 3. The highest BCUT2D eigenvalue weighted by Crippen LogP contribution is 2.43. The van der Waals surface area contributed by atoms with Gasteiger partial charge in [0.2, 0.25) is 0 Å². The molecule has 0 amide bonds. The van der Waals surface area contributed by atoms with Gasteiger partial charge in [-0.05, 0) is 99.8 Å². The van der Waals surface area contributed by atoms with Gasteiger partial charge in [-0.1, -0.05) is 109 Å². The van der Waals surface area contributed by atoms with Crippen molar-refractivity contribution in [3.05, 3.63) is 176 Å². The van der Waals surface area contributed by atoms with Crippen LogP contribution in [-0.4, -0.2) is 0 Å². The first-order valence-electron chi connectivity index (χ1n) is 16.6. The number of nitrogens with zero attached hydrogens (tertiary/aromatic N) is 1. The lowest BCUT2D eigenvalue weighted by Gasteiger charge is -2.26. The van der Waals surface area contributed by atoms with Crippen LogP contribution in [0.1, 0.15) is 0 Å². The molecule has 0 saturated carbocycles. The molecule has 2 aromatic heterocycles. The summed E-state index contributed by atoms with van der Waals surface area (Å²) in [6, 6.07) is 63.3. The first kappa shape index (κ1) is 27.9. The first-order valence-corrected chi connectivity index (χ1v) is 17.4. The van der Waals surface area contributed by atoms with Gasteiger partial charge in [0, 0.05) is 48.0 Å². The molecule has 2 heterocycles. The maximum atomic E-state index is 6.30. The minimum absolute atomic E-state index is 0.905. The molecule has 0 unspecified atom stereocenters. The van der Waals surface area contributed by atoms with E-state index in [1.165, 1.54) is 47.8 Å². The fourth-order valence-electron chi connectivity index (χ4n) is 7.30. The fraction of sp³-hybridized carbons (Fsp3) is 0. The molecule has 0 aliphatic carbocycles. The van der Waals surface area contributed by atoms with Crippen LogP contribution in [0.5, 0.6) is 0 Å². The molecule has 0 fully saturated rings. The van der Waals surface area contributed by atoms with Gasteiger partial charge in [-0.25, -0.2) is 0 Å². The van der Waals surface area contributed by atoms with E-state index in [1.807, 2.05) is 23.5 Å². The average Bonchev–Trinajstić information content (AvgIpc) is 3.73. The molecule has 49 heavy (non-hydrogen) atoms. The summed E-state index contributed by atoms with van der Waals surface area (Å²) < 4.78 is 8.92. The SMILES string of the molecule is c1ccc(-c2ccc(N(c3cccc(-c4cccc5sc6ccccc6c45)c3)c3ccc4cc5c(cc4c3)oc3ccccc35)cc2)cc1. The molecule has 0 N–H and O–H groups in total. The Labute approximate surface area is 287 Å². The van der Waals surface area contributed by atoms with Gasteiger partial charge in [0.15, 0.2) is 0 Å². The van der Waals surface area contributed by atoms with Gasteiger partial charge in [0.25, 0.3) is 0 Å². The van der Waals surface area contributed by atoms with Crippen molar-refractivity contribution in [1.29, 1.82) is 0 Å². The van der Waals surface area contributed by atoms with Crippen molar-refractivity contribution in [3.63, 3.8) is 0 Å². The van der Waals surface area contributed by atoms with Crippen molar-refractivity contribution in [2.45, 2.75) is 0 Å². The highest BCUT2D eigenvalue weighted by Gasteiger charge is 2.17. The molecule has 0 saturated heterocycles. The summed E-state index contributed by atoms with van der Waals surface area (Å²) >= 11 is 1.86. The highest BCUT2D eigenvalue weighted by atomic mass is 32.1. The van der Waals surface area contributed by atoms with E-state index >= 15 is 0 Å². The summed E-state index contributed by atoms with van der Waals surface area (Å²) in [5.41, 5.74) is 9.96. The van der Waals surface area contributed by atoms with Crippen molar-refractivity contribution in [3.8, 4) is 22.3 Å². The third kappa shape index (κ3) is 4.70. The minimum atomic E-state index is 0.905. The van der Waals surface area contributed by atoms with E-state index in [4.69, 9.17) is 4.42 Å². The number of furan rings is 1. The molecule has 0 spiro atoms. The zero-order valence-electron chi connectivity index (χ0n) is 26.5. The molecule has 2 nitrogen and oxygen atoms in total. The first-order chi connectivity index (χ1) is 24.3. The van der Waals surface area contributed by atoms with Crippen LogP contribution < -0.4 is 4.90 Å². The van der Waals surface area contributed by atoms with Crippen LogP contribution in [-0.2, 0) is 0 Å². The van der Waals surface area contributed by atoms with Crippen molar-refractivity contribution in [2.24, 2.45) is 0 Å². The smallest absolute Gasteiger partial charge is 0.136 e.